The first kappa shape index (κ1) is 19.6. The number of hydrogen-bond donors (Lipinski definition) is 0. The molecule has 2 aliphatic heterocycles. The number of nitrogens with zero attached hydrogens (tertiary/aromatic N) is 4. The Kier molecular flexibility index (Phi) is 5.83. The molecule has 1 amide bonds. The SMILES string of the molecule is Cc1nc(C)c(C(=O)N2CCC(Cn3c(C)cnc3C3CCOCC3)CC2)s1. The maximum Gasteiger partial charge on any atom is 0.265 e. The number of carbonyl (C=O) groups excluding carboxylic acids is 1. The summed E-state index contributed by atoms with van der Waals surface area (Å²) in [7, 11) is 0. The molecule has 28 heavy (non-hydrogen) atoms. The monoisotopic (exact) mass is 402 g/mol. The number of thiazole rings is 1. The van der Waals surface area contributed by atoms with Gasteiger partial charge in [-0.15, -0.1) is 11.3 Å². The molecule has 152 valence electrons. The van der Waals surface area contributed by atoms with Crippen LogP contribution in [-0.4, -0.2) is 51.6 Å². The zero-order valence-electron chi connectivity index (χ0n) is 17.1. The molecule has 7 heteroatoms. The smallest absolute Gasteiger partial charge is 0.265 e. The highest BCUT2D eigenvalue weighted by molar-refractivity contribution is 7.13. The number of likely N-dealkylation sites (tertiary alicyclic amines) is 1. The lowest BCUT2D eigenvalue weighted by molar-refractivity contribution is 0.0683. The van der Waals surface area contributed by atoms with Crippen molar-refractivity contribution in [1.82, 2.24) is 19.4 Å². The Bertz CT molecular complexity index is 830. The third-order valence-corrected chi connectivity index (χ3v) is 7.17. The molecule has 0 aromatic carbocycles. The van der Waals surface area contributed by atoms with Gasteiger partial charge in [0.2, 0.25) is 0 Å². The van der Waals surface area contributed by atoms with Gasteiger partial charge in [-0.25, -0.2) is 9.97 Å². The molecule has 0 spiro atoms. The first-order valence-electron chi connectivity index (χ1n) is 10.4. The molecule has 2 aromatic rings. The minimum absolute atomic E-state index is 0.156. The van der Waals surface area contributed by atoms with Crippen LogP contribution in [0.2, 0.25) is 0 Å². The second-order valence-electron chi connectivity index (χ2n) is 8.14. The van der Waals surface area contributed by atoms with Gasteiger partial charge in [-0.1, -0.05) is 0 Å². The summed E-state index contributed by atoms with van der Waals surface area (Å²) in [6, 6.07) is 0. The largest absolute Gasteiger partial charge is 0.381 e. The van der Waals surface area contributed by atoms with E-state index in [0.29, 0.717) is 11.8 Å². The van der Waals surface area contributed by atoms with Gasteiger partial charge in [0.15, 0.2) is 0 Å². The fourth-order valence-corrected chi connectivity index (χ4v) is 5.34. The second-order valence-corrected chi connectivity index (χ2v) is 9.34. The van der Waals surface area contributed by atoms with Crippen molar-refractivity contribution in [2.75, 3.05) is 26.3 Å². The number of aromatic nitrogens is 3. The van der Waals surface area contributed by atoms with E-state index in [9.17, 15) is 4.79 Å². The molecule has 0 N–H and O–H groups in total. The highest BCUT2D eigenvalue weighted by Gasteiger charge is 2.28. The normalized spacial score (nSPS) is 19.3. The molecule has 2 aliphatic rings. The van der Waals surface area contributed by atoms with Crippen molar-refractivity contribution in [3.05, 3.63) is 33.3 Å². The van der Waals surface area contributed by atoms with Gasteiger partial charge in [-0.3, -0.25) is 4.79 Å². The lowest BCUT2D eigenvalue weighted by Crippen LogP contribution is -2.39. The lowest BCUT2D eigenvalue weighted by atomic mass is 9.95. The highest BCUT2D eigenvalue weighted by Crippen LogP contribution is 2.29. The summed E-state index contributed by atoms with van der Waals surface area (Å²) in [5.74, 6) is 2.50. The van der Waals surface area contributed by atoms with E-state index >= 15 is 0 Å². The van der Waals surface area contributed by atoms with Crippen LogP contribution in [0, 0.1) is 26.7 Å². The summed E-state index contributed by atoms with van der Waals surface area (Å²) >= 11 is 1.52. The molecule has 0 unspecified atom stereocenters. The van der Waals surface area contributed by atoms with E-state index in [0.717, 1.165) is 74.1 Å². The van der Waals surface area contributed by atoms with Crippen LogP contribution < -0.4 is 0 Å². The molecule has 2 aromatic heterocycles. The minimum atomic E-state index is 0.156. The molecule has 0 radical (unpaired) electrons. The molecule has 0 aliphatic carbocycles. The predicted octanol–water partition coefficient (Wildman–Crippen LogP) is 3.71. The third-order valence-electron chi connectivity index (χ3n) is 6.11. The molecule has 2 saturated heterocycles. The van der Waals surface area contributed by atoms with E-state index in [1.54, 1.807) is 0 Å². The van der Waals surface area contributed by atoms with Crippen molar-refractivity contribution in [2.45, 2.75) is 58.9 Å². The number of rotatable bonds is 4. The zero-order chi connectivity index (χ0) is 19.7. The van der Waals surface area contributed by atoms with Gasteiger partial charge in [-0.05, 0) is 52.4 Å². The van der Waals surface area contributed by atoms with Crippen molar-refractivity contribution in [3.63, 3.8) is 0 Å². The van der Waals surface area contributed by atoms with E-state index in [2.05, 4.69) is 16.5 Å². The van der Waals surface area contributed by atoms with E-state index < -0.39 is 0 Å². The van der Waals surface area contributed by atoms with E-state index in [-0.39, 0.29) is 5.91 Å². The number of hydrogen-bond acceptors (Lipinski definition) is 5. The molecule has 2 fully saturated rings. The maximum absolute atomic E-state index is 12.8. The third kappa shape index (κ3) is 4.01. The fraction of sp³-hybridized carbons (Fsp3) is 0.667. The number of piperidine rings is 1. The molecular formula is C21H30N4O2S. The first-order chi connectivity index (χ1) is 13.5. The van der Waals surface area contributed by atoms with Crippen molar-refractivity contribution in [2.24, 2.45) is 5.92 Å². The Balaban J connectivity index is 1.38. The first-order valence-corrected chi connectivity index (χ1v) is 11.2. The number of amides is 1. The minimum Gasteiger partial charge on any atom is -0.381 e. The van der Waals surface area contributed by atoms with Crippen LogP contribution in [0.1, 0.15) is 63.5 Å². The van der Waals surface area contributed by atoms with Crippen molar-refractivity contribution >= 4 is 17.2 Å². The van der Waals surface area contributed by atoms with Gasteiger partial charge >= 0.3 is 0 Å². The summed E-state index contributed by atoms with van der Waals surface area (Å²) in [5.41, 5.74) is 2.11. The molecule has 0 saturated carbocycles. The average molecular weight is 403 g/mol. The topological polar surface area (TPSA) is 60.2 Å². The van der Waals surface area contributed by atoms with E-state index in [1.165, 1.54) is 22.9 Å². The average Bonchev–Trinajstić information content (AvgIpc) is 3.24. The molecule has 4 heterocycles. The second kappa shape index (κ2) is 8.33. The standard InChI is InChI=1S/C21H30N4O2S/c1-14-12-22-20(18-6-10-27-11-7-18)25(14)13-17-4-8-24(9-5-17)21(26)19-15(2)23-16(3)28-19/h12,17-18H,4-11,13H2,1-3H3. The van der Waals surface area contributed by atoms with Gasteiger partial charge in [0.05, 0.1) is 10.7 Å². The van der Waals surface area contributed by atoms with Gasteiger partial charge in [-0.2, -0.15) is 0 Å². The summed E-state index contributed by atoms with van der Waals surface area (Å²) < 4.78 is 7.95. The highest BCUT2D eigenvalue weighted by atomic mass is 32.1. The molecule has 0 atom stereocenters. The predicted molar refractivity (Wildman–Crippen MR) is 110 cm³/mol. The van der Waals surface area contributed by atoms with E-state index in [4.69, 9.17) is 9.72 Å². The Morgan fingerprint density at radius 1 is 1.18 bits per heavy atom. The van der Waals surface area contributed by atoms with Crippen LogP contribution in [-0.2, 0) is 11.3 Å². The summed E-state index contributed by atoms with van der Waals surface area (Å²) in [6.07, 6.45) is 6.24. The van der Waals surface area contributed by atoms with Crippen LogP contribution in [0.5, 0.6) is 0 Å². The Morgan fingerprint density at radius 2 is 1.89 bits per heavy atom. The number of aryl methyl sites for hydroxylation is 3. The number of ether oxygens (including phenoxy) is 1. The van der Waals surface area contributed by atoms with Crippen molar-refractivity contribution in [3.8, 4) is 0 Å². The molecule has 6 nitrogen and oxygen atoms in total. The van der Waals surface area contributed by atoms with E-state index in [1.807, 2.05) is 24.9 Å². The number of imidazole rings is 1. The quantitative estimate of drug-likeness (QED) is 0.782. The summed E-state index contributed by atoms with van der Waals surface area (Å²) in [5, 5.41) is 0.965. The van der Waals surface area contributed by atoms with Crippen molar-refractivity contribution < 1.29 is 9.53 Å². The zero-order valence-corrected chi connectivity index (χ0v) is 17.9. The van der Waals surface area contributed by atoms with Crippen LogP contribution in [0.25, 0.3) is 0 Å². The Morgan fingerprint density at radius 3 is 2.54 bits per heavy atom. The van der Waals surface area contributed by atoms with Crippen LogP contribution >= 0.6 is 11.3 Å². The lowest BCUT2D eigenvalue weighted by Gasteiger charge is -2.33. The van der Waals surface area contributed by atoms with Gasteiger partial charge in [0, 0.05) is 50.7 Å². The number of carbonyl (C=O) groups is 1. The van der Waals surface area contributed by atoms with Crippen LogP contribution in [0.3, 0.4) is 0 Å². The van der Waals surface area contributed by atoms with Gasteiger partial charge < -0.3 is 14.2 Å². The molecular weight excluding hydrogens is 372 g/mol. The van der Waals surface area contributed by atoms with Gasteiger partial charge in [0.1, 0.15) is 10.7 Å². The van der Waals surface area contributed by atoms with Crippen molar-refractivity contribution in [1.29, 1.82) is 0 Å². The maximum atomic E-state index is 12.8. The summed E-state index contributed by atoms with van der Waals surface area (Å²) in [4.78, 5) is 24.8. The summed E-state index contributed by atoms with van der Waals surface area (Å²) in [6.45, 7) is 10.4. The fourth-order valence-electron chi connectivity index (χ4n) is 4.45. The van der Waals surface area contributed by atoms with Gasteiger partial charge in [0.25, 0.3) is 5.91 Å². The molecule has 0 bridgehead atoms. The Labute approximate surface area is 170 Å². The molecule has 4 rings (SSSR count). The van der Waals surface area contributed by atoms with Crippen LogP contribution in [0.15, 0.2) is 6.20 Å². The van der Waals surface area contributed by atoms with Crippen LogP contribution in [0.4, 0.5) is 0 Å². The Hall–Kier alpha value is -1.73.